The summed E-state index contributed by atoms with van der Waals surface area (Å²) in [5, 5.41) is 0. The zero-order chi connectivity index (χ0) is 23.7. The first-order chi connectivity index (χ1) is 14.3. The van der Waals surface area contributed by atoms with Gasteiger partial charge in [-0.2, -0.15) is 0 Å². The van der Waals surface area contributed by atoms with Crippen LogP contribution in [0.3, 0.4) is 0 Å². The molecule has 0 aliphatic carbocycles. The van der Waals surface area contributed by atoms with Crippen LogP contribution in [0.5, 0.6) is 0 Å². The van der Waals surface area contributed by atoms with Gasteiger partial charge in [-0.05, 0) is 43.0 Å². The molecule has 0 fully saturated rings. The van der Waals surface area contributed by atoms with E-state index in [2.05, 4.69) is 43.9 Å². The van der Waals surface area contributed by atoms with Crippen molar-refractivity contribution in [3.05, 3.63) is 66.6 Å². The Labute approximate surface area is 182 Å². The SMILES string of the molecule is C=CCC.C=CCc1c(-c2ccc(F)cc2)nc(N(C)C)nc1C(C)C.C=O.CC. The minimum Gasteiger partial charge on any atom is -0.347 e. The summed E-state index contributed by atoms with van der Waals surface area (Å²) >= 11 is 0. The fourth-order valence-electron chi connectivity index (χ4n) is 2.36. The number of rotatable bonds is 6. The second-order valence-corrected chi connectivity index (χ2v) is 6.48. The van der Waals surface area contributed by atoms with Crippen LogP contribution in [0.4, 0.5) is 10.3 Å². The van der Waals surface area contributed by atoms with Crippen LogP contribution in [0.1, 0.15) is 58.2 Å². The first kappa shape index (κ1) is 29.4. The lowest BCUT2D eigenvalue weighted by Gasteiger charge is -2.19. The summed E-state index contributed by atoms with van der Waals surface area (Å²) in [7, 11) is 3.84. The average molecular weight is 416 g/mol. The molecule has 0 atom stereocenters. The van der Waals surface area contributed by atoms with Crippen molar-refractivity contribution in [1.29, 1.82) is 0 Å². The Morgan fingerprint density at radius 2 is 1.53 bits per heavy atom. The van der Waals surface area contributed by atoms with Crippen LogP contribution in [0.2, 0.25) is 0 Å². The average Bonchev–Trinajstić information content (AvgIpc) is 2.77. The number of benzene rings is 1. The van der Waals surface area contributed by atoms with E-state index in [0.29, 0.717) is 12.4 Å². The third-order valence-electron chi connectivity index (χ3n) is 3.73. The Bertz CT molecular complexity index is 741. The Morgan fingerprint density at radius 3 is 1.90 bits per heavy atom. The summed E-state index contributed by atoms with van der Waals surface area (Å²) in [4.78, 5) is 19.3. The van der Waals surface area contributed by atoms with E-state index >= 15 is 0 Å². The van der Waals surface area contributed by atoms with Crippen LogP contribution in [0, 0.1) is 5.82 Å². The van der Waals surface area contributed by atoms with Crippen LogP contribution in [0.15, 0.2) is 49.6 Å². The number of aromatic nitrogens is 2. The van der Waals surface area contributed by atoms with Crippen LogP contribution >= 0.6 is 0 Å². The highest BCUT2D eigenvalue weighted by Crippen LogP contribution is 2.30. The first-order valence-corrected chi connectivity index (χ1v) is 10.2. The molecule has 0 aliphatic rings. The van der Waals surface area contributed by atoms with Crippen molar-refractivity contribution >= 4 is 12.7 Å². The van der Waals surface area contributed by atoms with Gasteiger partial charge in [0, 0.05) is 25.2 Å². The van der Waals surface area contributed by atoms with Gasteiger partial charge in [-0.15, -0.1) is 13.2 Å². The van der Waals surface area contributed by atoms with Gasteiger partial charge in [0.2, 0.25) is 5.95 Å². The molecule has 1 aromatic carbocycles. The number of nitrogens with zero attached hydrogens (tertiary/aromatic N) is 3. The van der Waals surface area contributed by atoms with Gasteiger partial charge in [-0.25, -0.2) is 14.4 Å². The predicted octanol–water partition coefficient (Wildman–Crippen LogP) is 6.62. The van der Waals surface area contributed by atoms with Gasteiger partial charge in [0.25, 0.3) is 0 Å². The zero-order valence-corrected chi connectivity index (χ0v) is 19.7. The molecule has 4 nitrogen and oxygen atoms in total. The van der Waals surface area contributed by atoms with Crippen molar-refractivity contribution in [2.24, 2.45) is 0 Å². The maximum Gasteiger partial charge on any atom is 0.225 e. The van der Waals surface area contributed by atoms with E-state index in [1.165, 1.54) is 12.1 Å². The molecule has 166 valence electrons. The minimum absolute atomic E-state index is 0.250. The topological polar surface area (TPSA) is 46.1 Å². The number of carbonyl (C=O) groups excluding carboxylic acids is 1. The molecule has 0 aliphatic heterocycles. The highest BCUT2D eigenvalue weighted by atomic mass is 19.1. The summed E-state index contributed by atoms with van der Waals surface area (Å²) in [6.45, 7) is 19.6. The molecule has 0 unspecified atom stereocenters. The van der Waals surface area contributed by atoms with Crippen LogP contribution < -0.4 is 4.90 Å². The molecule has 1 aromatic heterocycles. The summed E-state index contributed by atoms with van der Waals surface area (Å²) in [6.07, 6.45) is 5.50. The van der Waals surface area contributed by atoms with Gasteiger partial charge in [0.15, 0.2) is 0 Å². The molecular weight excluding hydrogens is 377 g/mol. The van der Waals surface area contributed by atoms with E-state index in [9.17, 15) is 4.39 Å². The van der Waals surface area contributed by atoms with Gasteiger partial charge >= 0.3 is 0 Å². The smallest absolute Gasteiger partial charge is 0.225 e. The predicted molar refractivity (Wildman–Crippen MR) is 129 cm³/mol. The molecule has 0 amide bonds. The molecule has 0 saturated heterocycles. The summed E-state index contributed by atoms with van der Waals surface area (Å²) in [5.41, 5.74) is 3.81. The minimum atomic E-state index is -0.250. The van der Waals surface area contributed by atoms with Crippen molar-refractivity contribution in [1.82, 2.24) is 9.97 Å². The monoisotopic (exact) mass is 415 g/mol. The standard InChI is InChI=1S/C18H22FN3.C4H8.C2H6.CH2O/c1-6-7-15-16(12(2)3)20-18(22(4)5)21-17(15)13-8-10-14(19)11-9-13;1-3-4-2;2*1-2/h6,8-12H,1,7H2,2-5H3;3H,1,4H2,2H3;1-2H3;1H2. The van der Waals surface area contributed by atoms with Gasteiger partial charge in [0.1, 0.15) is 12.6 Å². The number of anilines is 1. The molecule has 30 heavy (non-hydrogen) atoms. The van der Waals surface area contributed by atoms with Gasteiger partial charge < -0.3 is 9.69 Å². The van der Waals surface area contributed by atoms with E-state index in [1.807, 2.05) is 51.8 Å². The highest BCUT2D eigenvalue weighted by molar-refractivity contribution is 5.66. The van der Waals surface area contributed by atoms with Crippen molar-refractivity contribution in [3.8, 4) is 11.3 Å². The highest BCUT2D eigenvalue weighted by Gasteiger charge is 2.18. The molecule has 1 heterocycles. The molecule has 0 saturated carbocycles. The number of allylic oxidation sites excluding steroid dienone is 2. The Balaban J connectivity index is 0. The Hall–Kier alpha value is -2.82. The number of halogens is 1. The van der Waals surface area contributed by atoms with Crippen LogP contribution in [0.25, 0.3) is 11.3 Å². The van der Waals surface area contributed by atoms with E-state index < -0.39 is 0 Å². The number of hydrogen-bond donors (Lipinski definition) is 0. The normalized spacial score (nSPS) is 9.10. The van der Waals surface area contributed by atoms with Gasteiger partial charge in [-0.3, -0.25) is 0 Å². The van der Waals surface area contributed by atoms with Crippen molar-refractivity contribution in [2.45, 2.75) is 53.4 Å². The fraction of sp³-hybridized carbons (Fsp3) is 0.400. The van der Waals surface area contributed by atoms with Gasteiger partial charge in [0.05, 0.1) is 11.4 Å². The summed E-state index contributed by atoms with van der Waals surface area (Å²) < 4.78 is 13.2. The molecular formula is C25H38FN3O. The molecule has 5 heteroatoms. The van der Waals surface area contributed by atoms with E-state index in [4.69, 9.17) is 4.79 Å². The van der Waals surface area contributed by atoms with Crippen molar-refractivity contribution < 1.29 is 9.18 Å². The molecule has 0 spiro atoms. The van der Waals surface area contributed by atoms with Gasteiger partial charge in [-0.1, -0.05) is 46.8 Å². The maximum atomic E-state index is 13.2. The van der Waals surface area contributed by atoms with Crippen molar-refractivity contribution in [2.75, 3.05) is 19.0 Å². The molecule has 2 rings (SSSR count). The first-order valence-electron chi connectivity index (χ1n) is 10.2. The Kier molecular flexibility index (Phi) is 16.7. The van der Waals surface area contributed by atoms with Crippen LogP contribution in [-0.2, 0) is 11.2 Å². The Morgan fingerprint density at radius 1 is 1.03 bits per heavy atom. The summed E-state index contributed by atoms with van der Waals surface area (Å²) in [6, 6.07) is 6.43. The third kappa shape index (κ3) is 9.59. The van der Waals surface area contributed by atoms with Crippen LogP contribution in [-0.4, -0.2) is 30.9 Å². The molecule has 0 bridgehead atoms. The summed E-state index contributed by atoms with van der Waals surface area (Å²) in [5.74, 6) is 0.687. The maximum absolute atomic E-state index is 13.2. The second-order valence-electron chi connectivity index (χ2n) is 6.48. The molecule has 0 radical (unpaired) electrons. The fourth-order valence-corrected chi connectivity index (χ4v) is 2.36. The van der Waals surface area contributed by atoms with Crippen molar-refractivity contribution in [3.63, 3.8) is 0 Å². The number of carbonyl (C=O) groups is 1. The van der Waals surface area contributed by atoms with E-state index in [0.717, 1.165) is 28.9 Å². The second kappa shape index (κ2) is 17.1. The lowest BCUT2D eigenvalue weighted by Crippen LogP contribution is -2.16. The zero-order valence-electron chi connectivity index (χ0n) is 19.7. The van der Waals surface area contributed by atoms with E-state index in [1.54, 1.807) is 12.1 Å². The molecule has 2 aromatic rings. The lowest BCUT2D eigenvalue weighted by atomic mass is 9.96. The molecule has 0 N–H and O–H groups in total. The quantitative estimate of drug-likeness (QED) is 0.497. The van der Waals surface area contributed by atoms with E-state index in [-0.39, 0.29) is 11.7 Å². The largest absolute Gasteiger partial charge is 0.347 e. The third-order valence-corrected chi connectivity index (χ3v) is 3.73. The lowest BCUT2D eigenvalue weighted by molar-refractivity contribution is -0.0979. The number of hydrogen-bond acceptors (Lipinski definition) is 4.